The van der Waals surface area contributed by atoms with Crippen LogP contribution in [0.3, 0.4) is 0 Å². The molecule has 0 unspecified atom stereocenters. The van der Waals surface area contributed by atoms with Crippen LogP contribution in [0.5, 0.6) is 0 Å². The van der Waals surface area contributed by atoms with Gasteiger partial charge in [0.05, 0.1) is 0 Å². The number of hydrogen-bond acceptors (Lipinski definition) is 2. The molecule has 0 aliphatic heterocycles. The second-order valence-electron chi connectivity index (χ2n) is 0. The van der Waals surface area contributed by atoms with E-state index in [4.69, 9.17) is 10.5 Å². The molecule has 0 radical (unpaired) electrons. The molecule has 0 bridgehead atoms. The number of rotatable bonds is 0. The monoisotopic (exact) mass is 78.1 g/mol. The van der Waals surface area contributed by atoms with Crippen LogP contribution >= 0.6 is 0 Å². The first kappa shape index (κ1) is 51.8. The molecule has 0 aromatic heterocycles. The fourth-order valence-corrected chi connectivity index (χ4v) is 0. The van der Waals surface area contributed by atoms with Gasteiger partial charge >= 0.3 is 18.9 Å². The van der Waals surface area contributed by atoms with Gasteiger partial charge in [-0.15, -0.1) is 0 Å². The zero-order chi connectivity index (χ0) is 2.00. The van der Waals surface area contributed by atoms with E-state index in [1.54, 1.807) is 0 Å². The Kier molecular flexibility index (Phi) is 2840. The Morgan fingerprint density at radius 3 is 0.800 bits per heavy atom. The third-order valence-electron chi connectivity index (χ3n) is 0. The van der Waals surface area contributed by atoms with Crippen molar-refractivity contribution < 1.29 is 21.5 Å². The Labute approximate surface area is 41.2 Å². The van der Waals surface area contributed by atoms with E-state index < -0.39 is 0 Å². The quantitative estimate of drug-likeness (QED) is 0.193. The molecule has 5 heteroatoms. The molecular formula is H7LiO4. The van der Waals surface area contributed by atoms with E-state index in [1.165, 1.54) is 0 Å². The summed E-state index contributed by atoms with van der Waals surface area (Å²) in [4.78, 5) is 0. The van der Waals surface area contributed by atoms with Crippen LogP contribution < -0.4 is 0 Å². The van der Waals surface area contributed by atoms with Crippen molar-refractivity contribution in [2.45, 2.75) is 0 Å². The average Bonchev–Trinajstić information content (AvgIpc) is 1.00. The summed E-state index contributed by atoms with van der Waals surface area (Å²) in [6, 6.07) is 0. The van der Waals surface area contributed by atoms with Crippen LogP contribution in [0.4, 0.5) is 0 Å². The maximum absolute atomic E-state index is 6.00. The number of hydrogen-bond donors (Lipinski definition) is 2. The molecule has 32 valence electrons. The molecule has 0 fully saturated rings. The van der Waals surface area contributed by atoms with Crippen LogP contribution in [-0.4, -0.2) is 40.3 Å². The summed E-state index contributed by atoms with van der Waals surface area (Å²) in [5.74, 6) is 0. The van der Waals surface area contributed by atoms with Crippen molar-refractivity contribution in [3.05, 3.63) is 0 Å². The minimum absolute atomic E-state index is 0. The summed E-state index contributed by atoms with van der Waals surface area (Å²) >= 11 is 0. The SMILES string of the molecule is O.O.OO.[LiH]. The van der Waals surface area contributed by atoms with Gasteiger partial charge in [-0.1, -0.05) is 0 Å². The first-order valence-electron chi connectivity index (χ1n) is 0.200. The first-order chi connectivity index (χ1) is 1.00. The molecule has 0 saturated heterocycles. The molecule has 0 aromatic carbocycles. The van der Waals surface area contributed by atoms with Crippen molar-refractivity contribution in [2.24, 2.45) is 0 Å². The molecule has 0 amide bonds. The Balaban J connectivity index is -0.00000000167. The van der Waals surface area contributed by atoms with E-state index >= 15 is 0 Å². The molecule has 0 aliphatic carbocycles. The minimum atomic E-state index is 0. The fraction of sp³-hybridized carbons (Fsp3) is 0. The van der Waals surface area contributed by atoms with Gasteiger partial charge in [-0.05, 0) is 0 Å². The summed E-state index contributed by atoms with van der Waals surface area (Å²) < 4.78 is 0. The molecule has 0 saturated carbocycles. The normalized spacial score (nSPS) is 1.20. The molecular weight excluding hydrogens is 70.9 g/mol. The molecule has 0 atom stereocenters. The Hall–Kier alpha value is 0.437. The average molecular weight is 78.0 g/mol. The van der Waals surface area contributed by atoms with Gasteiger partial charge in [0, 0.05) is 0 Å². The maximum atomic E-state index is 6.00. The summed E-state index contributed by atoms with van der Waals surface area (Å²) in [6.07, 6.45) is 0. The zero-order valence-corrected chi connectivity index (χ0v) is 1.89. The standard InChI is InChI=1S/Li.H2O2.2H2O.H/c;1-2;;;/h;1-2H;2*1H2;. The van der Waals surface area contributed by atoms with Crippen molar-refractivity contribution >= 4 is 18.9 Å². The van der Waals surface area contributed by atoms with Gasteiger partial charge < -0.3 is 11.0 Å². The van der Waals surface area contributed by atoms with Crippen molar-refractivity contribution in [2.75, 3.05) is 0 Å². The van der Waals surface area contributed by atoms with Gasteiger partial charge in [-0.3, -0.25) is 10.5 Å². The van der Waals surface area contributed by atoms with Crippen molar-refractivity contribution in [3.8, 4) is 0 Å². The third-order valence-corrected chi connectivity index (χ3v) is 0. The predicted molar refractivity (Wildman–Crippen MR) is 19.6 cm³/mol. The molecule has 4 nitrogen and oxygen atoms in total. The summed E-state index contributed by atoms with van der Waals surface area (Å²) in [7, 11) is 0. The molecule has 5 heavy (non-hydrogen) atoms. The molecule has 0 rings (SSSR count). The van der Waals surface area contributed by atoms with Crippen LogP contribution in [0, 0.1) is 0 Å². The van der Waals surface area contributed by atoms with E-state index in [2.05, 4.69) is 0 Å². The molecule has 6 N–H and O–H groups in total. The topological polar surface area (TPSA) is 103 Å². The van der Waals surface area contributed by atoms with E-state index in [-0.39, 0.29) is 29.8 Å². The van der Waals surface area contributed by atoms with Gasteiger partial charge in [0.1, 0.15) is 0 Å². The fourth-order valence-electron chi connectivity index (χ4n) is 0. The van der Waals surface area contributed by atoms with Crippen molar-refractivity contribution in [3.63, 3.8) is 0 Å². The molecule has 0 spiro atoms. The van der Waals surface area contributed by atoms with Crippen molar-refractivity contribution in [1.29, 1.82) is 0 Å². The molecule has 0 heterocycles. The van der Waals surface area contributed by atoms with Gasteiger partial charge in [0.15, 0.2) is 0 Å². The molecule has 0 aromatic rings. The molecule has 0 aliphatic rings. The zero-order valence-electron chi connectivity index (χ0n) is 1.89. The second kappa shape index (κ2) is 274. The van der Waals surface area contributed by atoms with Crippen LogP contribution in [0.1, 0.15) is 0 Å². The Morgan fingerprint density at radius 1 is 0.800 bits per heavy atom. The third kappa shape index (κ3) is 138. The predicted octanol–water partition coefficient (Wildman–Crippen LogP) is -2.28. The van der Waals surface area contributed by atoms with Gasteiger partial charge in [0.2, 0.25) is 0 Å². The van der Waals surface area contributed by atoms with Crippen LogP contribution in [0.15, 0.2) is 0 Å². The summed E-state index contributed by atoms with van der Waals surface area (Å²) in [6.45, 7) is 0. The van der Waals surface area contributed by atoms with E-state index in [9.17, 15) is 0 Å². The summed E-state index contributed by atoms with van der Waals surface area (Å²) in [5, 5.41) is 12.0. The van der Waals surface area contributed by atoms with Crippen LogP contribution in [-0.2, 0) is 0 Å². The van der Waals surface area contributed by atoms with Gasteiger partial charge in [-0.2, -0.15) is 0 Å². The Bertz CT molecular complexity index is 3.61. The summed E-state index contributed by atoms with van der Waals surface area (Å²) in [5.41, 5.74) is 0. The van der Waals surface area contributed by atoms with Crippen LogP contribution in [0.2, 0.25) is 0 Å². The van der Waals surface area contributed by atoms with Gasteiger partial charge in [-0.25, -0.2) is 0 Å². The van der Waals surface area contributed by atoms with Crippen molar-refractivity contribution in [1.82, 2.24) is 0 Å². The van der Waals surface area contributed by atoms with E-state index in [0.29, 0.717) is 0 Å². The van der Waals surface area contributed by atoms with E-state index in [1.807, 2.05) is 0 Å². The van der Waals surface area contributed by atoms with E-state index in [0.717, 1.165) is 0 Å². The first-order valence-corrected chi connectivity index (χ1v) is 0.200. The van der Waals surface area contributed by atoms with Gasteiger partial charge in [0.25, 0.3) is 0 Å². The second-order valence-corrected chi connectivity index (χ2v) is 0. The Morgan fingerprint density at radius 2 is 0.800 bits per heavy atom. The van der Waals surface area contributed by atoms with Crippen LogP contribution in [0.25, 0.3) is 0 Å².